The highest BCUT2D eigenvalue weighted by atomic mass is 16.5. The zero-order chi connectivity index (χ0) is 22.8. The van der Waals surface area contributed by atoms with E-state index < -0.39 is 11.7 Å². The Balaban J connectivity index is 1.45. The first kappa shape index (κ1) is 21.3. The second-order valence-electron chi connectivity index (χ2n) is 7.86. The summed E-state index contributed by atoms with van der Waals surface area (Å²) in [6.45, 7) is 4.46. The molecule has 1 fully saturated rings. The summed E-state index contributed by atoms with van der Waals surface area (Å²) in [5.74, 6) is -1.46. The zero-order valence-corrected chi connectivity index (χ0v) is 17.8. The summed E-state index contributed by atoms with van der Waals surface area (Å²) < 4.78 is 5.17. The molecule has 1 aliphatic rings. The molecular formula is C24H23N3O5. The molecule has 2 amide bonds. The van der Waals surface area contributed by atoms with Crippen molar-refractivity contribution in [1.29, 1.82) is 0 Å². The Kier molecular flexibility index (Phi) is 5.77. The molecule has 0 spiro atoms. The minimum Gasteiger partial charge on any atom is -0.507 e. The number of rotatable bonds is 4. The van der Waals surface area contributed by atoms with Crippen molar-refractivity contribution in [2.45, 2.75) is 19.9 Å². The molecular weight excluding hydrogens is 410 g/mol. The molecule has 32 heavy (non-hydrogen) atoms. The number of phenols is 1. The van der Waals surface area contributed by atoms with Gasteiger partial charge in [0.2, 0.25) is 0 Å². The summed E-state index contributed by atoms with van der Waals surface area (Å²) >= 11 is 0. The number of piperazine rings is 1. The molecule has 1 saturated heterocycles. The number of nitrogens with zero attached hydrogens (tertiary/aromatic N) is 3. The van der Waals surface area contributed by atoms with E-state index in [1.807, 2.05) is 6.07 Å². The van der Waals surface area contributed by atoms with Gasteiger partial charge in [0.25, 0.3) is 17.6 Å². The number of aromatic nitrogens is 1. The Labute approximate surface area is 185 Å². The van der Waals surface area contributed by atoms with Crippen molar-refractivity contribution in [3.8, 4) is 17.1 Å². The number of Topliss-reactive ketones (excluding diaryl/α,β-unsaturated/α-hetero) is 1. The van der Waals surface area contributed by atoms with E-state index in [-0.39, 0.29) is 29.8 Å². The summed E-state index contributed by atoms with van der Waals surface area (Å²) in [4.78, 5) is 41.5. The second-order valence-corrected chi connectivity index (χ2v) is 7.86. The lowest BCUT2D eigenvalue weighted by Gasteiger charge is -2.39. The molecule has 1 aromatic heterocycles. The quantitative estimate of drug-likeness (QED) is 0.501. The number of carbonyl (C=O) groups is 3. The first-order valence-corrected chi connectivity index (χ1v) is 10.3. The van der Waals surface area contributed by atoms with Crippen molar-refractivity contribution in [2.24, 2.45) is 0 Å². The lowest BCUT2D eigenvalue weighted by atomic mass is 10.0. The summed E-state index contributed by atoms with van der Waals surface area (Å²) in [6, 6.07) is 14.7. The van der Waals surface area contributed by atoms with Crippen molar-refractivity contribution in [1.82, 2.24) is 15.0 Å². The minimum atomic E-state index is -0.794. The van der Waals surface area contributed by atoms with Crippen LogP contribution in [0.1, 0.15) is 33.3 Å². The number of amides is 2. The average molecular weight is 433 g/mol. The molecule has 3 aromatic rings. The summed E-state index contributed by atoms with van der Waals surface area (Å²) in [7, 11) is 0. The van der Waals surface area contributed by atoms with Gasteiger partial charge in [-0.25, -0.2) is 0 Å². The smallest absolute Gasteiger partial charge is 0.295 e. The number of hydrogen-bond donors (Lipinski definition) is 1. The van der Waals surface area contributed by atoms with E-state index in [2.05, 4.69) is 5.16 Å². The van der Waals surface area contributed by atoms with E-state index in [0.29, 0.717) is 35.7 Å². The largest absolute Gasteiger partial charge is 0.507 e. The van der Waals surface area contributed by atoms with Crippen molar-refractivity contribution in [3.63, 3.8) is 0 Å². The Morgan fingerprint density at radius 2 is 1.81 bits per heavy atom. The minimum absolute atomic E-state index is 0.0787. The van der Waals surface area contributed by atoms with Crippen LogP contribution in [0.15, 0.2) is 59.1 Å². The third kappa shape index (κ3) is 4.12. The van der Waals surface area contributed by atoms with Crippen LogP contribution in [0.2, 0.25) is 0 Å². The fourth-order valence-corrected chi connectivity index (χ4v) is 3.83. The normalized spacial score (nSPS) is 16.1. The maximum absolute atomic E-state index is 12.9. The number of aromatic hydroxyl groups is 1. The van der Waals surface area contributed by atoms with Gasteiger partial charge < -0.3 is 19.4 Å². The van der Waals surface area contributed by atoms with Gasteiger partial charge in [0.15, 0.2) is 5.76 Å². The van der Waals surface area contributed by atoms with E-state index in [9.17, 15) is 19.5 Å². The summed E-state index contributed by atoms with van der Waals surface area (Å²) in [5.41, 5.74) is 1.75. The molecule has 1 atom stereocenters. The highest BCUT2D eigenvalue weighted by molar-refractivity contribution is 6.43. The highest BCUT2D eigenvalue weighted by Crippen LogP contribution is 2.28. The highest BCUT2D eigenvalue weighted by Gasteiger charge is 2.34. The molecule has 4 rings (SSSR count). The van der Waals surface area contributed by atoms with E-state index in [4.69, 9.17) is 4.52 Å². The van der Waals surface area contributed by atoms with Crippen LogP contribution in [0.25, 0.3) is 11.3 Å². The molecule has 2 heterocycles. The molecule has 164 valence electrons. The van der Waals surface area contributed by atoms with Crippen LogP contribution in [-0.2, 0) is 4.79 Å². The van der Waals surface area contributed by atoms with Crippen molar-refractivity contribution < 1.29 is 24.0 Å². The van der Waals surface area contributed by atoms with Gasteiger partial charge in [0.05, 0.1) is 11.3 Å². The summed E-state index contributed by atoms with van der Waals surface area (Å²) in [5, 5.41) is 14.2. The van der Waals surface area contributed by atoms with Crippen molar-refractivity contribution >= 4 is 17.6 Å². The van der Waals surface area contributed by atoms with Crippen molar-refractivity contribution in [3.05, 3.63) is 71.4 Å². The Morgan fingerprint density at radius 1 is 1.06 bits per heavy atom. The molecule has 2 aromatic carbocycles. The molecule has 1 N–H and O–H groups in total. The first-order valence-electron chi connectivity index (χ1n) is 10.3. The van der Waals surface area contributed by atoms with E-state index >= 15 is 0 Å². The van der Waals surface area contributed by atoms with Crippen LogP contribution < -0.4 is 0 Å². The van der Waals surface area contributed by atoms with Crippen LogP contribution in [0, 0.1) is 6.92 Å². The van der Waals surface area contributed by atoms with Gasteiger partial charge in [0.1, 0.15) is 5.75 Å². The van der Waals surface area contributed by atoms with Gasteiger partial charge in [-0.15, -0.1) is 0 Å². The van der Waals surface area contributed by atoms with Crippen LogP contribution >= 0.6 is 0 Å². The van der Waals surface area contributed by atoms with Gasteiger partial charge in [0, 0.05) is 42.9 Å². The molecule has 8 heteroatoms. The van der Waals surface area contributed by atoms with Gasteiger partial charge in [-0.05, 0) is 38.1 Å². The van der Waals surface area contributed by atoms with Gasteiger partial charge in [-0.2, -0.15) is 0 Å². The van der Waals surface area contributed by atoms with Crippen molar-refractivity contribution in [2.75, 3.05) is 19.6 Å². The zero-order valence-electron chi connectivity index (χ0n) is 17.8. The monoisotopic (exact) mass is 433 g/mol. The van der Waals surface area contributed by atoms with E-state index in [1.165, 1.54) is 17.0 Å². The fourth-order valence-electron chi connectivity index (χ4n) is 3.83. The topological polar surface area (TPSA) is 104 Å². The predicted molar refractivity (Wildman–Crippen MR) is 116 cm³/mol. The molecule has 0 bridgehead atoms. The Hall–Kier alpha value is -3.94. The van der Waals surface area contributed by atoms with E-state index in [1.54, 1.807) is 55.1 Å². The SMILES string of the molecule is Cc1cc(-c2ccc(C(=O)C(=O)N3CCN(C(=O)c4ccccc4)C[C@H]3C)c(O)c2)on1. The molecule has 0 saturated carbocycles. The lowest BCUT2D eigenvalue weighted by Crippen LogP contribution is -2.56. The molecule has 0 unspecified atom stereocenters. The lowest BCUT2D eigenvalue weighted by molar-refractivity contribution is -0.130. The fraction of sp³-hybridized carbons (Fsp3) is 0.250. The third-order valence-corrected chi connectivity index (χ3v) is 5.55. The maximum atomic E-state index is 12.9. The number of hydrogen-bond acceptors (Lipinski definition) is 6. The van der Waals surface area contributed by atoms with Crippen LogP contribution in [0.5, 0.6) is 5.75 Å². The third-order valence-electron chi connectivity index (χ3n) is 5.55. The molecule has 0 radical (unpaired) electrons. The van der Waals surface area contributed by atoms with Crippen LogP contribution in [0.4, 0.5) is 0 Å². The standard InChI is InChI=1S/C24H23N3O5/c1-15-12-21(32-25-15)18-8-9-19(20(28)13-18)22(29)24(31)27-11-10-26(14-16(27)2)23(30)17-6-4-3-5-7-17/h3-9,12-13,16,28H,10-11,14H2,1-2H3/t16-/m1/s1. The molecule has 8 nitrogen and oxygen atoms in total. The predicted octanol–water partition coefficient (Wildman–Crippen LogP) is 2.91. The number of benzene rings is 2. The number of carbonyl (C=O) groups excluding carboxylic acids is 3. The first-order chi connectivity index (χ1) is 15.3. The summed E-state index contributed by atoms with van der Waals surface area (Å²) in [6.07, 6.45) is 0. The van der Waals surface area contributed by atoms with Gasteiger partial charge >= 0.3 is 0 Å². The maximum Gasteiger partial charge on any atom is 0.295 e. The average Bonchev–Trinajstić information content (AvgIpc) is 3.24. The molecule has 1 aliphatic heterocycles. The van der Waals surface area contributed by atoms with Crippen LogP contribution in [-0.4, -0.2) is 63.3 Å². The Morgan fingerprint density at radius 3 is 2.44 bits per heavy atom. The second kappa shape index (κ2) is 8.66. The molecule has 0 aliphatic carbocycles. The number of ketones is 1. The van der Waals surface area contributed by atoms with Gasteiger partial charge in [-0.1, -0.05) is 29.4 Å². The van der Waals surface area contributed by atoms with E-state index in [0.717, 1.165) is 0 Å². The Bertz CT molecular complexity index is 1170. The van der Waals surface area contributed by atoms with Crippen LogP contribution in [0.3, 0.4) is 0 Å². The van der Waals surface area contributed by atoms with Gasteiger partial charge in [-0.3, -0.25) is 14.4 Å². The number of phenolic OH excluding ortho intramolecular Hbond substituents is 1. The number of aryl methyl sites for hydroxylation is 1.